The first kappa shape index (κ1) is 12.4. The van der Waals surface area contributed by atoms with E-state index in [1.165, 1.54) is 11.3 Å². The molecule has 94 valence electrons. The molecule has 2 rings (SSSR count). The number of para-hydroxylation sites is 1. The van der Waals surface area contributed by atoms with Crippen molar-refractivity contribution in [2.75, 3.05) is 38.3 Å². The number of benzene rings is 1. The molecular weight excluding hydrogens is 212 g/mol. The lowest BCUT2D eigenvalue weighted by Gasteiger charge is -2.38. The molecule has 1 aromatic carbocycles. The average molecular weight is 234 g/mol. The molecule has 1 saturated heterocycles. The number of anilines is 1. The number of morpholine rings is 1. The van der Waals surface area contributed by atoms with Crippen LogP contribution >= 0.6 is 0 Å². The summed E-state index contributed by atoms with van der Waals surface area (Å²) in [5.41, 5.74) is 2.71. The van der Waals surface area contributed by atoms with Crippen molar-refractivity contribution in [1.82, 2.24) is 5.32 Å². The van der Waals surface area contributed by atoms with Gasteiger partial charge in [0.15, 0.2) is 0 Å². The van der Waals surface area contributed by atoms with E-state index >= 15 is 0 Å². The molecule has 0 radical (unpaired) electrons. The third-order valence-corrected chi connectivity index (χ3v) is 3.38. The molecular formula is C14H22N2O. The summed E-state index contributed by atoms with van der Waals surface area (Å²) in [6.07, 6.45) is 1.13. The van der Waals surface area contributed by atoms with Crippen LogP contribution in [-0.2, 0) is 4.74 Å². The summed E-state index contributed by atoms with van der Waals surface area (Å²) in [6, 6.07) is 9.11. The van der Waals surface area contributed by atoms with Gasteiger partial charge in [-0.3, -0.25) is 0 Å². The lowest BCUT2D eigenvalue weighted by atomic mass is 10.1. The maximum absolute atomic E-state index is 5.60. The van der Waals surface area contributed by atoms with Crippen LogP contribution in [0.1, 0.15) is 12.0 Å². The summed E-state index contributed by atoms with van der Waals surface area (Å²) in [7, 11) is 2.00. The SMILES string of the molecule is CNCCC1COCCN1c1ccccc1C. The second kappa shape index (κ2) is 6.03. The molecule has 0 aliphatic carbocycles. The van der Waals surface area contributed by atoms with Gasteiger partial charge in [0.05, 0.1) is 19.3 Å². The van der Waals surface area contributed by atoms with Crippen LogP contribution in [0.15, 0.2) is 24.3 Å². The maximum Gasteiger partial charge on any atom is 0.0671 e. The molecule has 0 aromatic heterocycles. The van der Waals surface area contributed by atoms with E-state index in [2.05, 4.69) is 41.4 Å². The summed E-state index contributed by atoms with van der Waals surface area (Å²) < 4.78 is 5.60. The van der Waals surface area contributed by atoms with Crippen molar-refractivity contribution in [1.29, 1.82) is 0 Å². The molecule has 0 saturated carbocycles. The second-order valence-corrected chi connectivity index (χ2v) is 4.60. The fourth-order valence-corrected chi connectivity index (χ4v) is 2.41. The Morgan fingerprint density at radius 3 is 3.00 bits per heavy atom. The molecule has 1 aliphatic rings. The first-order chi connectivity index (χ1) is 8.33. The van der Waals surface area contributed by atoms with Crippen molar-refractivity contribution in [2.24, 2.45) is 0 Å². The fourth-order valence-electron chi connectivity index (χ4n) is 2.41. The molecule has 1 fully saturated rings. The Labute approximate surface area is 104 Å². The Kier molecular flexibility index (Phi) is 4.40. The zero-order valence-electron chi connectivity index (χ0n) is 10.8. The highest BCUT2D eigenvalue weighted by atomic mass is 16.5. The van der Waals surface area contributed by atoms with E-state index in [1.807, 2.05) is 7.05 Å². The van der Waals surface area contributed by atoms with E-state index in [0.29, 0.717) is 6.04 Å². The van der Waals surface area contributed by atoms with Crippen LogP contribution in [0.2, 0.25) is 0 Å². The lowest BCUT2D eigenvalue weighted by molar-refractivity contribution is 0.0917. The van der Waals surface area contributed by atoms with Gasteiger partial charge in [-0.1, -0.05) is 18.2 Å². The Morgan fingerprint density at radius 2 is 2.24 bits per heavy atom. The molecule has 17 heavy (non-hydrogen) atoms. The predicted octanol–water partition coefficient (Wildman–Crippen LogP) is 1.81. The quantitative estimate of drug-likeness (QED) is 0.860. The topological polar surface area (TPSA) is 24.5 Å². The molecule has 1 N–H and O–H groups in total. The minimum Gasteiger partial charge on any atom is -0.377 e. The molecule has 1 aliphatic heterocycles. The number of rotatable bonds is 4. The van der Waals surface area contributed by atoms with Crippen LogP contribution in [0.5, 0.6) is 0 Å². The fraction of sp³-hybridized carbons (Fsp3) is 0.571. The third-order valence-electron chi connectivity index (χ3n) is 3.38. The Bertz CT molecular complexity index is 354. The molecule has 0 bridgehead atoms. The van der Waals surface area contributed by atoms with Gasteiger partial charge in [0.2, 0.25) is 0 Å². The Hall–Kier alpha value is -1.06. The number of hydrogen-bond acceptors (Lipinski definition) is 3. The van der Waals surface area contributed by atoms with E-state index in [1.54, 1.807) is 0 Å². The first-order valence-corrected chi connectivity index (χ1v) is 6.37. The predicted molar refractivity (Wildman–Crippen MR) is 71.7 cm³/mol. The molecule has 3 heteroatoms. The van der Waals surface area contributed by atoms with Crippen LogP contribution in [-0.4, -0.2) is 39.4 Å². The van der Waals surface area contributed by atoms with Gasteiger partial charge in [0.1, 0.15) is 0 Å². The van der Waals surface area contributed by atoms with Crippen LogP contribution in [0.4, 0.5) is 5.69 Å². The summed E-state index contributed by atoms with van der Waals surface area (Å²) in [5.74, 6) is 0. The first-order valence-electron chi connectivity index (χ1n) is 6.37. The van der Waals surface area contributed by atoms with Gasteiger partial charge in [-0.2, -0.15) is 0 Å². The van der Waals surface area contributed by atoms with E-state index in [-0.39, 0.29) is 0 Å². The second-order valence-electron chi connectivity index (χ2n) is 4.60. The van der Waals surface area contributed by atoms with Crippen LogP contribution < -0.4 is 10.2 Å². The number of nitrogens with zero attached hydrogens (tertiary/aromatic N) is 1. The van der Waals surface area contributed by atoms with Crippen molar-refractivity contribution in [3.05, 3.63) is 29.8 Å². The highest BCUT2D eigenvalue weighted by Crippen LogP contribution is 2.24. The molecule has 0 spiro atoms. The Balaban J connectivity index is 2.13. The third kappa shape index (κ3) is 2.99. The number of aryl methyl sites for hydroxylation is 1. The average Bonchev–Trinajstić information content (AvgIpc) is 2.37. The van der Waals surface area contributed by atoms with E-state index in [0.717, 1.165) is 32.7 Å². The molecule has 1 aromatic rings. The van der Waals surface area contributed by atoms with Gasteiger partial charge >= 0.3 is 0 Å². The monoisotopic (exact) mass is 234 g/mol. The van der Waals surface area contributed by atoms with Crippen LogP contribution in [0.3, 0.4) is 0 Å². The van der Waals surface area contributed by atoms with Crippen molar-refractivity contribution in [3.8, 4) is 0 Å². The minimum absolute atomic E-state index is 0.497. The van der Waals surface area contributed by atoms with Gasteiger partial charge in [-0.05, 0) is 38.6 Å². The zero-order chi connectivity index (χ0) is 12.1. The normalized spacial score (nSPS) is 20.6. The van der Waals surface area contributed by atoms with Gasteiger partial charge in [0.25, 0.3) is 0 Å². The molecule has 1 heterocycles. The molecule has 3 nitrogen and oxygen atoms in total. The number of ether oxygens (including phenoxy) is 1. The highest BCUT2D eigenvalue weighted by molar-refractivity contribution is 5.54. The zero-order valence-corrected chi connectivity index (χ0v) is 10.8. The molecule has 1 unspecified atom stereocenters. The van der Waals surface area contributed by atoms with Crippen LogP contribution in [0.25, 0.3) is 0 Å². The van der Waals surface area contributed by atoms with E-state index < -0.39 is 0 Å². The van der Waals surface area contributed by atoms with E-state index in [4.69, 9.17) is 4.74 Å². The Morgan fingerprint density at radius 1 is 1.41 bits per heavy atom. The van der Waals surface area contributed by atoms with Crippen LogP contribution in [0, 0.1) is 6.92 Å². The van der Waals surface area contributed by atoms with Crippen molar-refractivity contribution in [3.63, 3.8) is 0 Å². The summed E-state index contributed by atoms with van der Waals surface area (Å²) >= 11 is 0. The maximum atomic E-state index is 5.60. The lowest BCUT2D eigenvalue weighted by Crippen LogP contribution is -2.47. The van der Waals surface area contributed by atoms with E-state index in [9.17, 15) is 0 Å². The molecule has 1 atom stereocenters. The van der Waals surface area contributed by atoms with Gasteiger partial charge in [-0.25, -0.2) is 0 Å². The van der Waals surface area contributed by atoms with Crippen molar-refractivity contribution < 1.29 is 4.74 Å². The van der Waals surface area contributed by atoms with Gasteiger partial charge in [0, 0.05) is 12.2 Å². The number of hydrogen-bond donors (Lipinski definition) is 1. The minimum atomic E-state index is 0.497. The van der Waals surface area contributed by atoms with Gasteiger partial charge < -0.3 is 15.0 Å². The largest absolute Gasteiger partial charge is 0.377 e. The summed E-state index contributed by atoms with van der Waals surface area (Å²) in [6.45, 7) is 5.90. The number of nitrogens with one attached hydrogen (secondary N) is 1. The smallest absolute Gasteiger partial charge is 0.0671 e. The van der Waals surface area contributed by atoms with Crippen molar-refractivity contribution >= 4 is 5.69 Å². The van der Waals surface area contributed by atoms with Crippen molar-refractivity contribution in [2.45, 2.75) is 19.4 Å². The summed E-state index contributed by atoms with van der Waals surface area (Å²) in [5, 5.41) is 3.22. The molecule has 0 amide bonds. The standard InChI is InChI=1S/C14H22N2O/c1-12-5-3-4-6-14(12)16-9-10-17-11-13(16)7-8-15-2/h3-6,13,15H,7-11H2,1-2H3. The highest BCUT2D eigenvalue weighted by Gasteiger charge is 2.23. The van der Waals surface area contributed by atoms with Gasteiger partial charge in [-0.15, -0.1) is 0 Å². The summed E-state index contributed by atoms with van der Waals surface area (Å²) in [4.78, 5) is 2.50.